The van der Waals surface area contributed by atoms with Gasteiger partial charge in [-0.05, 0) is 62.6 Å². The van der Waals surface area contributed by atoms with Crippen molar-refractivity contribution in [3.05, 3.63) is 82.2 Å². The maximum Gasteiger partial charge on any atom is 0.357 e. The summed E-state index contributed by atoms with van der Waals surface area (Å²) in [6, 6.07) is 13.7. The number of esters is 1. The van der Waals surface area contributed by atoms with Crippen molar-refractivity contribution in [2.45, 2.75) is 53.2 Å². The van der Waals surface area contributed by atoms with Crippen LogP contribution in [0.1, 0.15) is 61.1 Å². The zero-order valence-electron chi connectivity index (χ0n) is 21.5. The van der Waals surface area contributed by atoms with Crippen LogP contribution in [0.2, 0.25) is 0 Å². The summed E-state index contributed by atoms with van der Waals surface area (Å²) >= 11 is 1.66. The second-order valence-corrected chi connectivity index (χ2v) is 11.0. The van der Waals surface area contributed by atoms with E-state index in [0.717, 1.165) is 10.4 Å². The van der Waals surface area contributed by atoms with Crippen molar-refractivity contribution in [1.29, 1.82) is 0 Å². The number of pyridine rings is 1. The van der Waals surface area contributed by atoms with Gasteiger partial charge in [0.15, 0.2) is 17.2 Å². The summed E-state index contributed by atoms with van der Waals surface area (Å²) in [6.07, 6.45) is 1.21. The van der Waals surface area contributed by atoms with Crippen LogP contribution in [0.3, 0.4) is 0 Å². The Morgan fingerprint density at radius 2 is 1.78 bits per heavy atom. The number of thiophene rings is 1. The normalized spacial score (nSPS) is 15.7. The fourth-order valence-electron chi connectivity index (χ4n) is 4.39. The third kappa shape index (κ3) is 5.34. The van der Waals surface area contributed by atoms with Gasteiger partial charge < -0.3 is 9.84 Å². The number of hydrogen-bond donors (Lipinski definition) is 1. The first-order valence-electron chi connectivity index (χ1n) is 12.2. The molecule has 0 bridgehead atoms. The molecule has 1 N–H and O–H groups in total. The van der Waals surface area contributed by atoms with Crippen molar-refractivity contribution in [1.82, 2.24) is 4.98 Å². The number of Topliss-reactive ketones (excluding diaryl/α,β-unsaturated/α-hetero) is 1. The van der Waals surface area contributed by atoms with Crippen LogP contribution in [0.5, 0.6) is 0 Å². The Kier molecular flexibility index (Phi) is 7.59. The molecule has 3 heterocycles. The van der Waals surface area contributed by atoms with Gasteiger partial charge in [-0.25, -0.2) is 9.78 Å². The minimum atomic E-state index is -1.03. The molecule has 0 saturated carbocycles. The standard InChI is InChI=1S/C29H30N2O5S/c1-16(2)15-22(32)24-26(21-7-6-14-30-25(21)29(35)36-17(3)4)31(28(34)27(24)33)20-11-9-19(10-12-20)23-13-8-18(5)37-23/h6-14,16-17,26,33H,15H2,1-5H3. The summed E-state index contributed by atoms with van der Waals surface area (Å²) in [5.41, 5.74) is 1.74. The fourth-order valence-corrected chi connectivity index (χ4v) is 5.26. The SMILES string of the molecule is Cc1ccc(-c2ccc(N3C(=O)C(O)=C(C(=O)CC(C)C)C3c3cccnc3C(=O)OC(C)C)cc2)s1. The lowest BCUT2D eigenvalue weighted by Gasteiger charge is -2.28. The van der Waals surface area contributed by atoms with Crippen LogP contribution in [0.4, 0.5) is 5.69 Å². The van der Waals surface area contributed by atoms with Crippen molar-refractivity contribution >= 4 is 34.7 Å². The second kappa shape index (κ2) is 10.7. The Balaban J connectivity index is 1.84. The lowest BCUT2D eigenvalue weighted by Crippen LogP contribution is -2.32. The Morgan fingerprint density at radius 1 is 1.08 bits per heavy atom. The molecule has 2 aromatic heterocycles. The summed E-state index contributed by atoms with van der Waals surface area (Å²) in [5, 5.41) is 10.9. The second-order valence-electron chi connectivity index (χ2n) is 9.71. The summed E-state index contributed by atoms with van der Waals surface area (Å²) < 4.78 is 5.39. The number of amides is 1. The molecule has 7 nitrogen and oxygen atoms in total. The maximum atomic E-state index is 13.4. The summed E-state index contributed by atoms with van der Waals surface area (Å²) in [7, 11) is 0. The number of aliphatic hydroxyl groups excluding tert-OH is 1. The van der Waals surface area contributed by atoms with Crippen LogP contribution in [-0.4, -0.2) is 33.9 Å². The van der Waals surface area contributed by atoms with E-state index in [-0.39, 0.29) is 35.5 Å². The molecule has 1 aliphatic rings. The van der Waals surface area contributed by atoms with E-state index in [1.807, 2.05) is 45.0 Å². The van der Waals surface area contributed by atoms with Crippen LogP contribution in [-0.2, 0) is 14.3 Å². The minimum Gasteiger partial charge on any atom is -0.503 e. The lowest BCUT2D eigenvalue weighted by atomic mass is 9.91. The van der Waals surface area contributed by atoms with E-state index >= 15 is 0 Å². The van der Waals surface area contributed by atoms with Crippen molar-refractivity contribution in [2.24, 2.45) is 5.92 Å². The van der Waals surface area contributed by atoms with E-state index in [9.17, 15) is 19.5 Å². The molecule has 0 radical (unpaired) electrons. The van der Waals surface area contributed by atoms with E-state index < -0.39 is 23.7 Å². The first-order chi connectivity index (χ1) is 17.6. The molecule has 0 saturated heterocycles. The Morgan fingerprint density at radius 3 is 2.38 bits per heavy atom. The molecular formula is C29H30N2O5S. The highest BCUT2D eigenvalue weighted by atomic mass is 32.1. The lowest BCUT2D eigenvalue weighted by molar-refractivity contribution is -0.118. The summed E-state index contributed by atoms with van der Waals surface area (Å²) in [4.78, 5) is 47.6. The number of aromatic nitrogens is 1. The average molecular weight is 519 g/mol. The molecule has 1 aliphatic heterocycles. The van der Waals surface area contributed by atoms with Crippen molar-refractivity contribution in [3.8, 4) is 10.4 Å². The van der Waals surface area contributed by atoms with E-state index in [2.05, 4.69) is 4.98 Å². The predicted molar refractivity (Wildman–Crippen MR) is 144 cm³/mol. The zero-order valence-corrected chi connectivity index (χ0v) is 22.3. The van der Waals surface area contributed by atoms with Gasteiger partial charge in [-0.3, -0.25) is 14.5 Å². The van der Waals surface area contributed by atoms with Crippen LogP contribution in [0.25, 0.3) is 10.4 Å². The van der Waals surface area contributed by atoms with E-state index in [1.165, 1.54) is 16.0 Å². The molecule has 0 aliphatic carbocycles. The molecule has 1 atom stereocenters. The van der Waals surface area contributed by atoms with Gasteiger partial charge in [0.25, 0.3) is 5.91 Å². The average Bonchev–Trinajstić information content (AvgIpc) is 3.39. The number of ketones is 1. The van der Waals surface area contributed by atoms with E-state index in [0.29, 0.717) is 11.3 Å². The smallest absolute Gasteiger partial charge is 0.357 e. The highest BCUT2D eigenvalue weighted by molar-refractivity contribution is 7.15. The molecule has 0 fully saturated rings. The van der Waals surface area contributed by atoms with Crippen molar-refractivity contribution in [3.63, 3.8) is 0 Å². The van der Waals surface area contributed by atoms with E-state index in [4.69, 9.17) is 4.74 Å². The van der Waals surface area contributed by atoms with E-state index in [1.54, 1.807) is 49.4 Å². The number of rotatable bonds is 8. The molecule has 0 spiro atoms. The quantitative estimate of drug-likeness (QED) is 0.357. The van der Waals surface area contributed by atoms with Crippen molar-refractivity contribution < 1.29 is 24.2 Å². The highest BCUT2D eigenvalue weighted by Gasteiger charge is 2.46. The van der Waals surface area contributed by atoms with Crippen molar-refractivity contribution in [2.75, 3.05) is 4.90 Å². The number of benzene rings is 1. The highest BCUT2D eigenvalue weighted by Crippen LogP contribution is 2.43. The molecule has 4 rings (SSSR count). The van der Waals surface area contributed by atoms with Crippen LogP contribution >= 0.6 is 11.3 Å². The Bertz CT molecular complexity index is 1370. The number of nitrogens with zero attached hydrogens (tertiary/aromatic N) is 2. The number of carbonyl (C=O) groups is 3. The topological polar surface area (TPSA) is 96.8 Å². The first-order valence-corrected chi connectivity index (χ1v) is 13.0. The number of carbonyl (C=O) groups excluding carboxylic acids is 3. The molecule has 1 amide bonds. The summed E-state index contributed by atoms with van der Waals surface area (Å²) in [6.45, 7) is 9.27. The van der Waals surface area contributed by atoms with Gasteiger partial charge >= 0.3 is 5.97 Å². The Hall–Kier alpha value is -3.78. The zero-order chi connectivity index (χ0) is 26.9. The van der Waals surface area contributed by atoms with Gasteiger partial charge in [0.1, 0.15) is 0 Å². The maximum absolute atomic E-state index is 13.4. The molecule has 1 aromatic carbocycles. The number of aliphatic hydroxyl groups is 1. The minimum absolute atomic E-state index is 0.00501. The number of ether oxygens (including phenoxy) is 1. The molecule has 8 heteroatoms. The van der Waals surface area contributed by atoms with Crippen LogP contribution in [0, 0.1) is 12.8 Å². The monoisotopic (exact) mass is 518 g/mol. The molecular weight excluding hydrogens is 488 g/mol. The fraction of sp³-hybridized carbons (Fsp3) is 0.310. The third-order valence-corrected chi connectivity index (χ3v) is 6.99. The number of aryl methyl sites for hydroxylation is 1. The molecule has 3 aromatic rings. The van der Waals surface area contributed by atoms with Gasteiger partial charge in [-0.2, -0.15) is 0 Å². The third-order valence-electron chi connectivity index (χ3n) is 5.94. The van der Waals surface area contributed by atoms with Crippen LogP contribution < -0.4 is 4.90 Å². The van der Waals surface area contributed by atoms with Crippen LogP contribution in [0.15, 0.2) is 66.1 Å². The summed E-state index contributed by atoms with van der Waals surface area (Å²) in [5.74, 6) is -2.33. The Labute approximate surface area is 220 Å². The van der Waals surface area contributed by atoms with Gasteiger partial charge in [-0.15, -0.1) is 11.3 Å². The van der Waals surface area contributed by atoms with Gasteiger partial charge in [0, 0.05) is 33.6 Å². The number of hydrogen-bond acceptors (Lipinski definition) is 7. The van der Waals surface area contributed by atoms with Gasteiger partial charge in [0.2, 0.25) is 0 Å². The van der Waals surface area contributed by atoms with Gasteiger partial charge in [-0.1, -0.05) is 32.0 Å². The predicted octanol–water partition coefficient (Wildman–Crippen LogP) is 6.20. The van der Waals surface area contributed by atoms with Gasteiger partial charge in [0.05, 0.1) is 17.7 Å². The molecule has 1 unspecified atom stereocenters. The first kappa shape index (κ1) is 26.3. The molecule has 192 valence electrons. The molecule has 37 heavy (non-hydrogen) atoms. The number of anilines is 1. The largest absolute Gasteiger partial charge is 0.503 e.